The van der Waals surface area contributed by atoms with Crippen LogP contribution in [0.5, 0.6) is 5.75 Å². The van der Waals surface area contributed by atoms with Crippen LogP contribution in [-0.2, 0) is 0 Å². The average Bonchev–Trinajstić information content (AvgIpc) is 2.58. The van der Waals surface area contributed by atoms with E-state index in [1.165, 1.54) is 6.21 Å². The van der Waals surface area contributed by atoms with Gasteiger partial charge in [-0.15, -0.1) is 0 Å². The maximum Gasteiger partial charge on any atom is 0.243 e. The van der Waals surface area contributed by atoms with E-state index < -0.39 is 0 Å². The van der Waals surface area contributed by atoms with Crippen LogP contribution in [0.4, 0.5) is 5.95 Å². The van der Waals surface area contributed by atoms with Gasteiger partial charge in [0.25, 0.3) is 0 Å². The van der Waals surface area contributed by atoms with Crippen LogP contribution in [0.15, 0.2) is 72.1 Å². The normalized spacial score (nSPS) is 10.7. The Morgan fingerprint density at radius 1 is 0.864 bits per heavy atom. The van der Waals surface area contributed by atoms with Crippen LogP contribution in [0, 0.1) is 0 Å². The first-order valence-corrected chi connectivity index (χ1v) is 6.77. The number of hydrogen-bond acceptors (Lipinski definition) is 5. The van der Waals surface area contributed by atoms with Gasteiger partial charge in [0, 0.05) is 23.5 Å². The van der Waals surface area contributed by atoms with Crippen LogP contribution in [0.25, 0.3) is 11.1 Å². The first-order chi connectivity index (χ1) is 10.8. The SMILES string of the molecule is Oc1ccccc1/C=N\Nc1ncc(-c2ccccc2)cn1. The van der Waals surface area contributed by atoms with Crippen molar-refractivity contribution in [2.75, 3.05) is 5.43 Å². The predicted octanol–water partition coefficient (Wildman–Crippen LogP) is 3.30. The van der Waals surface area contributed by atoms with Crippen LogP contribution in [0.3, 0.4) is 0 Å². The fraction of sp³-hybridized carbons (Fsp3) is 0. The van der Waals surface area contributed by atoms with Crippen molar-refractivity contribution in [3.05, 3.63) is 72.6 Å². The summed E-state index contributed by atoms with van der Waals surface area (Å²) in [6.07, 6.45) is 4.99. The third-order valence-electron chi connectivity index (χ3n) is 3.06. The summed E-state index contributed by atoms with van der Waals surface area (Å²) in [4.78, 5) is 8.42. The average molecular weight is 290 g/mol. The number of aromatic nitrogens is 2. The van der Waals surface area contributed by atoms with E-state index in [9.17, 15) is 5.11 Å². The third-order valence-corrected chi connectivity index (χ3v) is 3.06. The molecule has 0 spiro atoms. The van der Waals surface area contributed by atoms with Crippen LogP contribution >= 0.6 is 0 Å². The monoisotopic (exact) mass is 290 g/mol. The highest BCUT2D eigenvalue weighted by atomic mass is 16.3. The highest BCUT2D eigenvalue weighted by Crippen LogP contribution is 2.17. The van der Waals surface area contributed by atoms with Crippen molar-refractivity contribution in [1.82, 2.24) is 9.97 Å². The molecule has 0 aliphatic heterocycles. The maximum absolute atomic E-state index is 9.62. The molecule has 1 heterocycles. The molecule has 1 aromatic heterocycles. The molecule has 0 aliphatic carbocycles. The molecule has 0 atom stereocenters. The van der Waals surface area contributed by atoms with Crippen molar-refractivity contribution in [2.24, 2.45) is 5.10 Å². The molecule has 0 saturated carbocycles. The van der Waals surface area contributed by atoms with Gasteiger partial charge in [-0.3, -0.25) is 0 Å². The third kappa shape index (κ3) is 3.27. The molecule has 3 rings (SSSR count). The molecule has 0 radical (unpaired) electrons. The van der Waals surface area contributed by atoms with Crippen molar-refractivity contribution >= 4 is 12.2 Å². The molecule has 0 saturated heterocycles. The van der Waals surface area contributed by atoms with Gasteiger partial charge in [-0.2, -0.15) is 5.10 Å². The number of para-hydroxylation sites is 1. The second kappa shape index (κ2) is 6.49. The Balaban J connectivity index is 1.68. The fourth-order valence-electron chi connectivity index (χ4n) is 1.92. The number of anilines is 1. The van der Waals surface area contributed by atoms with Crippen molar-refractivity contribution in [3.63, 3.8) is 0 Å². The van der Waals surface area contributed by atoms with E-state index in [-0.39, 0.29) is 5.75 Å². The van der Waals surface area contributed by atoms with Crippen LogP contribution in [0.1, 0.15) is 5.56 Å². The zero-order chi connectivity index (χ0) is 15.2. The van der Waals surface area contributed by atoms with Gasteiger partial charge in [0.15, 0.2) is 0 Å². The number of nitrogens with one attached hydrogen (secondary N) is 1. The summed E-state index contributed by atoms with van der Waals surface area (Å²) in [5, 5.41) is 13.6. The largest absolute Gasteiger partial charge is 0.507 e. The second-order valence-corrected chi connectivity index (χ2v) is 4.59. The molecule has 2 N–H and O–H groups in total. The highest BCUT2D eigenvalue weighted by molar-refractivity contribution is 5.83. The lowest BCUT2D eigenvalue weighted by molar-refractivity contribution is 0.474. The standard InChI is InChI=1S/C17H14N4O/c22-16-9-5-4-8-14(16)12-20-21-17-18-10-15(11-19-17)13-6-2-1-3-7-13/h1-12,22H,(H,18,19,21)/b20-12-. The minimum absolute atomic E-state index is 0.174. The van der Waals surface area contributed by atoms with E-state index in [0.29, 0.717) is 11.5 Å². The lowest BCUT2D eigenvalue weighted by Gasteiger charge is -2.02. The molecule has 0 fully saturated rings. The molecule has 0 aliphatic rings. The van der Waals surface area contributed by atoms with Gasteiger partial charge in [-0.05, 0) is 17.7 Å². The molecule has 0 unspecified atom stereocenters. The summed E-state index contributed by atoms with van der Waals surface area (Å²) >= 11 is 0. The second-order valence-electron chi connectivity index (χ2n) is 4.59. The number of nitrogens with zero attached hydrogens (tertiary/aromatic N) is 3. The summed E-state index contributed by atoms with van der Waals surface area (Å²) in [5.74, 6) is 0.569. The molecular weight excluding hydrogens is 276 g/mol. The van der Waals surface area contributed by atoms with Gasteiger partial charge < -0.3 is 5.11 Å². The molecule has 2 aromatic carbocycles. The minimum atomic E-state index is 0.174. The number of phenolic OH excluding ortho intramolecular Hbond substituents is 1. The van der Waals surface area contributed by atoms with Gasteiger partial charge in [0.2, 0.25) is 5.95 Å². The van der Waals surface area contributed by atoms with Crippen LogP contribution in [0.2, 0.25) is 0 Å². The zero-order valence-electron chi connectivity index (χ0n) is 11.7. The van der Waals surface area contributed by atoms with Crippen molar-refractivity contribution in [3.8, 4) is 16.9 Å². The number of rotatable bonds is 4. The summed E-state index contributed by atoms with van der Waals surface area (Å²) in [5.41, 5.74) is 5.36. The Kier molecular flexibility index (Phi) is 4.06. The molecular formula is C17H14N4O. The molecule has 5 heteroatoms. The molecule has 0 bridgehead atoms. The van der Waals surface area contributed by atoms with E-state index in [0.717, 1.165) is 11.1 Å². The molecule has 22 heavy (non-hydrogen) atoms. The topological polar surface area (TPSA) is 70.4 Å². The Bertz CT molecular complexity index is 770. The molecule has 3 aromatic rings. The van der Waals surface area contributed by atoms with E-state index in [4.69, 9.17) is 0 Å². The van der Waals surface area contributed by atoms with Crippen molar-refractivity contribution in [1.29, 1.82) is 0 Å². The van der Waals surface area contributed by atoms with Gasteiger partial charge in [-0.1, -0.05) is 42.5 Å². The Hall–Kier alpha value is -3.21. The lowest BCUT2D eigenvalue weighted by Crippen LogP contribution is -1.96. The summed E-state index contributed by atoms with van der Waals surface area (Å²) in [6, 6.07) is 16.9. The smallest absolute Gasteiger partial charge is 0.243 e. The van der Waals surface area contributed by atoms with Crippen LogP contribution in [-0.4, -0.2) is 21.3 Å². The number of hydrazone groups is 1. The van der Waals surface area contributed by atoms with Crippen molar-refractivity contribution in [2.45, 2.75) is 0 Å². The van der Waals surface area contributed by atoms with Crippen LogP contribution < -0.4 is 5.43 Å². The minimum Gasteiger partial charge on any atom is -0.507 e. The van der Waals surface area contributed by atoms with Gasteiger partial charge in [0.05, 0.1) is 6.21 Å². The Labute approximate surface area is 128 Å². The van der Waals surface area contributed by atoms with Crippen molar-refractivity contribution < 1.29 is 5.11 Å². The first kappa shape index (κ1) is 13.8. The van der Waals surface area contributed by atoms with E-state index in [2.05, 4.69) is 20.5 Å². The number of phenols is 1. The lowest BCUT2D eigenvalue weighted by atomic mass is 10.1. The fourth-order valence-corrected chi connectivity index (χ4v) is 1.92. The number of aromatic hydroxyl groups is 1. The van der Waals surface area contributed by atoms with E-state index >= 15 is 0 Å². The Morgan fingerprint density at radius 3 is 2.27 bits per heavy atom. The maximum atomic E-state index is 9.62. The van der Waals surface area contributed by atoms with E-state index in [1.807, 2.05) is 36.4 Å². The van der Waals surface area contributed by atoms with Gasteiger partial charge >= 0.3 is 0 Å². The Morgan fingerprint density at radius 2 is 1.55 bits per heavy atom. The quantitative estimate of drug-likeness (QED) is 0.571. The first-order valence-electron chi connectivity index (χ1n) is 6.77. The molecule has 0 amide bonds. The van der Waals surface area contributed by atoms with E-state index in [1.54, 1.807) is 30.6 Å². The summed E-state index contributed by atoms with van der Waals surface area (Å²) in [7, 11) is 0. The number of hydrogen-bond donors (Lipinski definition) is 2. The zero-order valence-corrected chi connectivity index (χ0v) is 11.7. The number of benzene rings is 2. The summed E-state index contributed by atoms with van der Waals surface area (Å²) in [6.45, 7) is 0. The van der Waals surface area contributed by atoms with Gasteiger partial charge in [0.1, 0.15) is 5.75 Å². The predicted molar refractivity (Wildman–Crippen MR) is 86.8 cm³/mol. The summed E-state index contributed by atoms with van der Waals surface area (Å²) < 4.78 is 0. The molecule has 5 nitrogen and oxygen atoms in total. The van der Waals surface area contributed by atoms with Gasteiger partial charge in [-0.25, -0.2) is 15.4 Å². The molecule has 108 valence electrons. The highest BCUT2D eigenvalue weighted by Gasteiger charge is 1.99.